The molecule has 1 saturated carbocycles. The van der Waals surface area contributed by atoms with Gasteiger partial charge in [0.15, 0.2) is 9.84 Å². The second-order valence-corrected chi connectivity index (χ2v) is 7.96. The summed E-state index contributed by atoms with van der Waals surface area (Å²) >= 11 is 0. The molecule has 2 aliphatic rings. The van der Waals surface area contributed by atoms with Crippen molar-refractivity contribution in [2.24, 2.45) is 11.7 Å². The average Bonchev–Trinajstić information content (AvgIpc) is 2.71. The van der Waals surface area contributed by atoms with Crippen LogP contribution in [0.4, 0.5) is 0 Å². The minimum absolute atomic E-state index is 0.0617. The summed E-state index contributed by atoms with van der Waals surface area (Å²) in [5, 5.41) is 0. The van der Waals surface area contributed by atoms with Gasteiger partial charge in [-0.2, -0.15) is 0 Å². The largest absolute Gasteiger partial charge is 0.339 e. The van der Waals surface area contributed by atoms with Crippen LogP contribution in [0.3, 0.4) is 0 Å². The van der Waals surface area contributed by atoms with Gasteiger partial charge in [0.2, 0.25) is 5.91 Å². The zero-order chi connectivity index (χ0) is 14.0. The first-order valence-electron chi connectivity index (χ1n) is 7.21. The highest BCUT2D eigenvalue weighted by atomic mass is 32.2. The van der Waals surface area contributed by atoms with Crippen LogP contribution in [0.5, 0.6) is 0 Å². The molecule has 2 rings (SSSR count). The molecule has 0 bridgehead atoms. The number of carbonyl (C=O) groups excluding carboxylic acids is 1. The van der Waals surface area contributed by atoms with Crippen LogP contribution in [0.1, 0.15) is 39.0 Å². The smallest absolute Gasteiger partial charge is 0.227 e. The zero-order valence-electron chi connectivity index (χ0n) is 11.5. The lowest BCUT2D eigenvalue weighted by atomic mass is 9.84. The van der Waals surface area contributed by atoms with Crippen LogP contribution in [-0.4, -0.2) is 49.4 Å². The molecule has 5 nitrogen and oxygen atoms in total. The van der Waals surface area contributed by atoms with E-state index in [1.807, 2.05) is 6.92 Å². The van der Waals surface area contributed by atoms with Gasteiger partial charge in [0.05, 0.1) is 17.4 Å². The molecule has 2 N–H and O–H groups in total. The Morgan fingerprint density at radius 2 is 1.95 bits per heavy atom. The first-order chi connectivity index (χ1) is 8.94. The van der Waals surface area contributed by atoms with E-state index in [0.717, 1.165) is 25.7 Å². The van der Waals surface area contributed by atoms with E-state index in [0.29, 0.717) is 13.0 Å². The molecule has 0 aromatic rings. The van der Waals surface area contributed by atoms with Gasteiger partial charge >= 0.3 is 0 Å². The minimum atomic E-state index is -2.95. The Balaban J connectivity index is 2.07. The molecule has 1 aliphatic carbocycles. The summed E-state index contributed by atoms with van der Waals surface area (Å²) in [6.07, 6.45) is 4.45. The normalized spacial score (nSPS) is 34.1. The van der Waals surface area contributed by atoms with E-state index >= 15 is 0 Å². The average molecular weight is 288 g/mol. The van der Waals surface area contributed by atoms with Crippen molar-refractivity contribution in [3.8, 4) is 0 Å². The maximum absolute atomic E-state index is 12.6. The first kappa shape index (κ1) is 14.8. The van der Waals surface area contributed by atoms with E-state index in [1.54, 1.807) is 4.90 Å². The van der Waals surface area contributed by atoms with Gasteiger partial charge in [-0.25, -0.2) is 8.42 Å². The van der Waals surface area contributed by atoms with Gasteiger partial charge in [-0.15, -0.1) is 0 Å². The lowest BCUT2D eigenvalue weighted by molar-refractivity contribution is -0.138. The number of nitrogens with zero attached hydrogens (tertiary/aromatic N) is 1. The van der Waals surface area contributed by atoms with Gasteiger partial charge in [0.1, 0.15) is 0 Å². The molecule has 6 heteroatoms. The van der Waals surface area contributed by atoms with Gasteiger partial charge in [-0.05, 0) is 26.2 Å². The predicted molar refractivity (Wildman–Crippen MR) is 74.4 cm³/mol. The lowest BCUT2D eigenvalue weighted by Crippen LogP contribution is -2.49. The lowest BCUT2D eigenvalue weighted by Gasteiger charge is -2.35. The second kappa shape index (κ2) is 5.79. The van der Waals surface area contributed by atoms with Crippen LogP contribution in [-0.2, 0) is 14.6 Å². The molecule has 0 radical (unpaired) electrons. The van der Waals surface area contributed by atoms with Gasteiger partial charge in [-0.3, -0.25) is 4.79 Å². The summed E-state index contributed by atoms with van der Waals surface area (Å²) in [7, 11) is -2.95. The number of hydrogen-bond acceptors (Lipinski definition) is 4. The van der Waals surface area contributed by atoms with E-state index in [9.17, 15) is 13.2 Å². The Morgan fingerprint density at radius 1 is 1.26 bits per heavy atom. The zero-order valence-corrected chi connectivity index (χ0v) is 12.4. The van der Waals surface area contributed by atoms with Crippen molar-refractivity contribution in [3.05, 3.63) is 0 Å². The fraction of sp³-hybridized carbons (Fsp3) is 0.923. The Hall–Kier alpha value is -0.620. The second-order valence-electron chi connectivity index (χ2n) is 5.74. The maximum Gasteiger partial charge on any atom is 0.227 e. The summed E-state index contributed by atoms with van der Waals surface area (Å²) in [4.78, 5) is 14.3. The molecule has 0 spiro atoms. The number of hydrogen-bond donors (Lipinski definition) is 1. The highest BCUT2D eigenvalue weighted by Gasteiger charge is 2.38. The Labute approximate surface area is 115 Å². The van der Waals surface area contributed by atoms with Crippen molar-refractivity contribution >= 4 is 15.7 Å². The topological polar surface area (TPSA) is 80.5 Å². The highest BCUT2D eigenvalue weighted by Crippen LogP contribution is 2.27. The number of sulfone groups is 1. The fourth-order valence-electron chi connectivity index (χ4n) is 3.29. The molecule has 3 atom stereocenters. The van der Waals surface area contributed by atoms with Crippen molar-refractivity contribution in [1.82, 2.24) is 4.90 Å². The third-order valence-electron chi connectivity index (χ3n) is 4.41. The molecule has 1 amide bonds. The number of nitrogens with two attached hydrogens (primary N) is 1. The Bertz CT molecular complexity index is 435. The van der Waals surface area contributed by atoms with Crippen LogP contribution in [0.25, 0.3) is 0 Å². The third-order valence-corrected chi connectivity index (χ3v) is 6.16. The van der Waals surface area contributed by atoms with Crippen LogP contribution in [0.15, 0.2) is 0 Å². The number of rotatable bonds is 3. The summed E-state index contributed by atoms with van der Waals surface area (Å²) in [6, 6.07) is -0.204. The van der Waals surface area contributed by atoms with Crippen molar-refractivity contribution in [1.29, 1.82) is 0 Å². The molecule has 3 unspecified atom stereocenters. The maximum atomic E-state index is 12.6. The van der Waals surface area contributed by atoms with Crippen LogP contribution in [0.2, 0.25) is 0 Å². The summed E-state index contributed by atoms with van der Waals surface area (Å²) in [5.41, 5.74) is 6.06. The van der Waals surface area contributed by atoms with Crippen molar-refractivity contribution in [3.63, 3.8) is 0 Å². The molecule has 1 saturated heterocycles. The van der Waals surface area contributed by atoms with Crippen molar-refractivity contribution in [2.45, 2.75) is 51.1 Å². The summed E-state index contributed by atoms with van der Waals surface area (Å²) < 4.78 is 23.1. The molecule has 0 aromatic carbocycles. The molecule has 2 fully saturated rings. The van der Waals surface area contributed by atoms with Crippen LogP contribution >= 0.6 is 0 Å². The van der Waals surface area contributed by atoms with Gasteiger partial charge in [0, 0.05) is 18.6 Å². The monoisotopic (exact) mass is 288 g/mol. The quantitative estimate of drug-likeness (QED) is 0.822. The first-order valence-corrected chi connectivity index (χ1v) is 9.03. The van der Waals surface area contributed by atoms with Gasteiger partial charge in [-0.1, -0.05) is 12.8 Å². The highest BCUT2D eigenvalue weighted by molar-refractivity contribution is 7.91. The van der Waals surface area contributed by atoms with E-state index in [2.05, 4.69) is 0 Å². The minimum Gasteiger partial charge on any atom is -0.339 e. The molecule has 0 aromatic heterocycles. The van der Waals surface area contributed by atoms with Gasteiger partial charge in [0.25, 0.3) is 0 Å². The summed E-state index contributed by atoms with van der Waals surface area (Å²) in [5.74, 6) is 0.279. The van der Waals surface area contributed by atoms with Crippen molar-refractivity contribution < 1.29 is 13.2 Å². The van der Waals surface area contributed by atoms with E-state index in [4.69, 9.17) is 5.73 Å². The van der Waals surface area contributed by atoms with E-state index in [-0.39, 0.29) is 35.4 Å². The number of carbonyl (C=O) groups is 1. The van der Waals surface area contributed by atoms with E-state index < -0.39 is 9.84 Å². The predicted octanol–water partition coefficient (Wildman–Crippen LogP) is 0.540. The molecular formula is C13H24N2O3S. The van der Waals surface area contributed by atoms with Crippen molar-refractivity contribution in [2.75, 3.05) is 18.1 Å². The molecule has 19 heavy (non-hydrogen) atoms. The van der Waals surface area contributed by atoms with Gasteiger partial charge < -0.3 is 10.6 Å². The Morgan fingerprint density at radius 3 is 2.47 bits per heavy atom. The Kier molecular flexibility index (Phi) is 4.50. The molecule has 1 aliphatic heterocycles. The fourth-order valence-corrected chi connectivity index (χ4v) is 5.03. The van der Waals surface area contributed by atoms with Crippen LogP contribution in [0, 0.1) is 5.92 Å². The summed E-state index contributed by atoms with van der Waals surface area (Å²) in [6.45, 7) is 2.49. The standard InChI is InChI=1S/C13H24N2O3S/c1-2-15(10-7-8-19(17,18)9-10)13(16)11-5-3-4-6-12(11)14/h10-12H,2-9,14H2,1H3. The number of amides is 1. The molecule has 1 heterocycles. The van der Waals surface area contributed by atoms with Crippen LogP contribution < -0.4 is 5.73 Å². The third kappa shape index (κ3) is 3.28. The molecular weight excluding hydrogens is 264 g/mol. The molecule has 110 valence electrons. The SMILES string of the molecule is CCN(C(=O)C1CCCCC1N)C1CCS(=O)(=O)C1. The van der Waals surface area contributed by atoms with E-state index in [1.165, 1.54) is 0 Å².